The Hall–Kier alpha value is -1.14. The molecule has 3 atom stereocenters. The summed E-state index contributed by atoms with van der Waals surface area (Å²) in [6.45, 7) is 0.265. The van der Waals surface area contributed by atoms with Gasteiger partial charge in [0.25, 0.3) is 0 Å². The molecule has 1 aliphatic heterocycles. The number of hydrogen-bond acceptors (Lipinski definition) is 6. The molecule has 0 aromatic rings. The van der Waals surface area contributed by atoms with Gasteiger partial charge in [-0.1, -0.05) is 0 Å². The predicted molar refractivity (Wildman–Crippen MR) is 54.5 cm³/mol. The van der Waals surface area contributed by atoms with Crippen molar-refractivity contribution >= 4 is 11.9 Å². The highest BCUT2D eigenvalue weighted by molar-refractivity contribution is 5.77. The van der Waals surface area contributed by atoms with Crippen LogP contribution in [0.2, 0.25) is 0 Å². The van der Waals surface area contributed by atoms with Crippen molar-refractivity contribution in [3.8, 4) is 0 Å². The molecule has 0 amide bonds. The number of methoxy groups -OCH3 is 2. The van der Waals surface area contributed by atoms with Gasteiger partial charge in [-0.3, -0.25) is 4.79 Å². The van der Waals surface area contributed by atoms with Crippen LogP contribution in [-0.2, 0) is 23.8 Å². The number of ether oxygens (including phenoxy) is 3. The summed E-state index contributed by atoms with van der Waals surface area (Å²) >= 11 is 0. The zero-order chi connectivity index (χ0) is 12.1. The molecule has 6 nitrogen and oxygen atoms in total. The van der Waals surface area contributed by atoms with Crippen molar-refractivity contribution in [3.63, 3.8) is 0 Å². The molecule has 92 valence electrons. The zero-order valence-corrected chi connectivity index (χ0v) is 9.47. The third-order valence-corrected chi connectivity index (χ3v) is 2.66. The number of nitrogens with two attached hydrogens (primary N) is 1. The maximum atomic E-state index is 11.4. The Labute approximate surface area is 94.0 Å². The van der Waals surface area contributed by atoms with E-state index in [4.69, 9.17) is 10.5 Å². The van der Waals surface area contributed by atoms with Gasteiger partial charge in [0.15, 0.2) is 6.10 Å². The molecular weight excluding hydrogens is 214 g/mol. The van der Waals surface area contributed by atoms with E-state index in [2.05, 4.69) is 9.47 Å². The standard InChI is InChI=1S/C10H17NO5/c1-14-9(12)6-3-7(5-11)16-8(4-6)10(13)15-2/h6-8H,3-5,11H2,1-2H3. The lowest BCUT2D eigenvalue weighted by atomic mass is 9.91. The molecule has 0 radical (unpaired) electrons. The van der Waals surface area contributed by atoms with Crippen molar-refractivity contribution in [2.24, 2.45) is 11.7 Å². The Balaban J connectivity index is 2.68. The quantitative estimate of drug-likeness (QED) is 0.656. The topological polar surface area (TPSA) is 87.9 Å². The fourth-order valence-corrected chi connectivity index (χ4v) is 1.81. The lowest BCUT2D eigenvalue weighted by molar-refractivity contribution is -0.170. The van der Waals surface area contributed by atoms with Crippen LogP contribution in [0.1, 0.15) is 12.8 Å². The first kappa shape index (κ1) is 12.9. The van der Waals surface area contributed by atoms with E-state index in [1.165, 1.54) is 14.2 Å². The van der Waals surface area contributed by atoms with Crippen molar-refractivity contribution in [2.75, 3.05) is 20.8 Å². The van der Waals surface area contributed by atoms with Crippen molar-refractivity contribution in [1.29, 1.82) is 0 Å². The summed E-state index contributed by atoms with van der Waals surface area (Å²) in [4.78, 5) is 22.8. The van der Waals surface area contributed by atoms with Crippen LogP contribution in [0.4, 0.5) is 0 Å². The summed E-state index contributed by atoms with van der Waals surface area (Å²) in [5.41, 5.74) is 5.48. The monoisotopic (exact) mass is 231 g/mol. The highest BCUT2D eigenvalue weighted by Crippen LogP contribution is 2.26. The van der Waals surface area contributed by atoms with E-state index in [-0.39, 0.29) is 31.0 Å². The maximum Gasteiger partial charge on any atom is 0.335 e. The Bertz CT molecular complexity index is 244. The molecule has 1 fully saturated rings. The first-order valence-corrected chi connectivity index (χ1v) is 5.13. The van der Waals surface area contributed by atoms with Gasteiger partial charge in [0.2, 0.25) is 0 Å². The van der Waals surface area contributed by atoms with Gasteiger partial charge in [-0.2, -0.15) is 0 Å². The van der Waals surface area contributed by atoms with E-state index in [0.717, 1.165) is 0 Å². The van der Waals surface area contributed by atoms with Crippen molar-refractivity contribution in [3.05, 3.63) is 0 Å². The summed E-state index contributed by atoms with van der Waals surface area (Å²) in [6.07, 6.45) is -0.259. The van der Waals surface area contributed by atoms with Crippen molar-refractivity contribution < 1.29 is 23.8 Å². The van der Waals surface area contributed by atoms with Gasteiger partial charge in [0, 0.05) is 6.54 Å². The highest BCUT2D eigenvalue weighted by atomic mass is 16.6. The van der Waals surface area contributed by atoms with Crippen LogP contribution >= 0.6 is 0 Å². The van der Waals surface area contributed by atoms with E-state index in [1.807, 2.05) is 0 Å². The first-order chi connectivity index (χ1) is 7.62. The number of rotatable bonds is 3. The van der Waals surface area contributed by atoms with Crippen LogP contribution in [0, 0.1) is 5.92 Å². The van der Waals surface area contributed by atoms with E-state index < -0.39 is 12.1 Å². The summed E-state index contributed by atoms with van der Waals surface area (Å²) in [5.74, 6) is -1.17. The fraction of sp³-hybridized carbons (Fsp3) is 0.800. The normalized spacial score (nSPS) is 29.6. The Morgan fingerprint density at radius 1 is 1.25 bits per heavy atom. The third-order valence-electron chi connectivity index (χ3n) is 2.66. The molecule has 0 saturated carbocycles. The molecule has 1 saturated heterocycles. The Morgan fingerprint density at radius 3 is 2.38 bits per heavy atom. The van der Waals surface area contributed by atoms with E-state index in [9.17, 15) is 9.59 Å². The molecule has 6 heteroatoms. The van der Waals surface area contributed by atoms with Gasteiger partial charge in [-0.25, -0.2) is 4.79 Å². The number of carbonyl (C=O) groups is 2. The average Bonchev–Trinajstić information content (AvgIpc) is 2.35. The Morgan fingerprint density at radius 2 is 1.88 bits per heavy atom. The molecule has 16 heavy (non-hydrogen) atoms. The maximum absolute atomic E-state index is 11.4. The summed E-state index contributed by atoms with van der Waals surface area (Å²) in [7, 11) is 2.60. The smallest absolute Gasteiger partial charge is 0.335 e. The number of carbonyl (C=O) groups excluding carboxylic acids is 2. The summed E-state index contributed by atoms with van der Waals surface area (Å²) < 4.78 is 14.7. The van der Waals surface area contributed by atoms with Gasteiger partial charge in [-0.15, -0.1) is 0 Å². The first-order valence-electron chi connectivity index (χ1n) is 5.13. The molecule has 1 rings (SSSR count). The molecule has 2 N–H and O–H groups in total. The second kappa shape index (κ2) is 5.81. The van der Waals surface area contributed by atoms with Crippen LogP contribution in [0.15, 0.2) is 0 Å². The molecule has 1 aliphatic rings. The molecular formula is C10H17NO5. The fourth-order valence-electron chi connectivity index (χ4n) is 1.81. The van der Waals surface area contributed by atoms with E-state index in [1.54, 1.807) is 0 Å². The lowest BCUT2D eigenvalue weighted by Gasteiger charge is -2.32. The molecule has 3 unspecified atom stereocenters. The predicted octanol–water partition coefficient (Wildman–Crippen LogP) is -0.545. The molecule has 0 aliphatic carbocycles. The number of esters is 2. The second-order valence-electron chi connectivity index (χ2n) is 3.70. The average molecular weight is 231 g/mol. The van der Waals surface area contributed by atoms with Crippen LogP contribution in [0.5, 0.6) is 0 Å². The summed E-state index contributed by atoms with van der Waals surface area (Å²) in [6, 6.07) is 0. The minimum Gasteiger partial charge on any atom is -0.469 e. The van der Waals surface area contributed by atoms with Gasteiger partial charge in [-0.05, 0) is 12.8 Å². The van der Waals surface area contributed by atoms with Gasteiger partial charge >= 0.3 is 11.9 Å². The molecule has 0 spiro atoms. The minimum absolute atomic E-state index is 0.265. The van der Waals surface area contributed by atoms with E-state index >= 15 is 0 Å². The van der Waals surface area contributed by atoms with Crippen LogP contribution in [-0.4, -0.2) is 44.9 Å². The largest absolute Gasteiger partial charge is 0.469 e. The van der Waals surface area contributed by atoms with E-state index in [0.29, 0.717) is 6.42 Å². The highest BCUT2D eigenvalue weighted by Gasteiger charge is 2.37. The minimum atomic E-state index is -0.726. The zero-order valence-electron chi connectivity index (χ0n) is 9.47. The molecule has 0 aromatic heterocycles. The Kier molecular flexibility index (Phi) is 4.70. The molecule has 0 aromatic carbocycles. The SMILES string of the molecule is COC(=O)C1CC(CN)OC(C(=O)OC)C1. The second-order valence-corrected chi connectivity index (χ2v) is 3.70. The van der Waals surface area contributed by atoms with Crippen LogP contribution in [0.25, 0.3) is 0 Å². The lowest BCUT2D eigenvalue weighted by Crippen LogP contribution is -2.43. The van der Waals surface area contributed by atoms with Crippen LogP contribution < -0.4 is 5.73 Å². The van der Waals surface area contributed by atoms with Gasteiger partial charge < -0.3 is 19.9 Å². The van der Waals surface area contributed by atoms with Crippen LogP contribution in [0.3, 0.4) is 0 Å². The number of hydrogen-bond donors (Lipinski definition) is 1. The third kappa shape index (κ3) is 2.93. The summed E-state index contributed by atoms with van der Waals surface area (Å²) in [5, 5.41) is 0. The molecule has 0 bridgehead atoms. The van der Waals surface area contributed by atoms with Gasteiger partial charge in [0.05, 0.1) is 26.2 Å². The van der Waals surface area contributed by atoms with Crippen molar-refractivity contribution in [1.82, 2.24) is 0 Å². The van der Waals surface area contributed by atoms with Crippen molar-refractivity contribution in [2.45, 2.75) is 25.0 Å². The van der Waals surface area contributed by atoms with Gasteiger partial charge in [0.1, 0.15) is 0 Å². The molecule has 1 heterocycles.